The molecule has 1 amide bonds. The lowest BCUT2D eigenvalue weighted by molar-refractivity contribution is -0.0463. The molecule has 0 radical (unpaired) electrons. The van der Waals surface area contributed by atoms with Crippen LogP contribution in [-0.2, 0) is 11.3 Å². The predicted molar refractivity (Wildman–Crippen MR) is 122 cm³/mol. The molecule has 0 bridgehead atoms. The van der Waals surface area contributed by atoms with Gasteiger partial charge in [-0.05, 0) is 25.1 Å². The summed E-state index contributed by atoms with van der Waals surface area (Å²) in [6.45, 7) is 1.64. The van der Waals surface area contributed by atoms with Crippen LogP contribution in [0.1, 0.15) is 34.1 Å². The number of thioether (sulfide) groups is 1. The van der Waals surface area contributed by atoms with E-state index in [1.807, 2.05) is 0 Å². The normalized spacial score (nSPS) is 19.7. The standard InChI is InChI=1S/C22H25FN4O6S/c1-13-11-27(19-9-17(29)18(12-28)33-19)22(32)26(21(13)31)5-7-34-6-4-25-20(30)14-2-3-16(23)15(8-14)10-24/h2-3,8,11,17-19,28-29H,4-7,9,12H2,1H3,(H,25,30)/t17-,18+,19+/m0/s1. The van der Waals surface area contributed by atoms with Crippen LogP contribution in [0.3, 0.4) is 0 Å². The summed E-state index contributed by atoms with van der Waals surface area (Å²) in [5.41, 5.74) is -0.668. The van der Waals surface area contributed by atoms with E-state index in [1.54, 1.807) is 13.0 Å². The topological polar surface area (TPSA) is 147 Å². The fraction of sp³-hybridized carbons (Fsp3) is 0.455. The fourth-order valence-electron chi connectivity index (χ4n) is 3.56. The number of aryl methyl sites for hydroxylation is 1. The molecule has 182 valence electrons. The number of aliphatic hydroxyl groups excluding tert-OH is 2. The van der Waals surface area contributed by atoms with Crippen LogP contribution in [0.25, 0.3) is 0 Å². The molecule has 3 N–H and O–H groups in total. The van der Waals surface area contributed by atoms with E-state index >= 15 is 0 Å². The summed E-state index contributed by atoms with van der Waals surface area (Å²) in [7, 11) is 0. The molecular weight excluding hydrogens is 467 g/mol. The molecule has 3 atom stereocenters. The zero-order chi connectivity index (χ0) is 24.8. The van der Waals surface area contributed by atoms with Crippen molar-refractivity contribution in [2.24, 2.45) is 0 Å². The van der Waals surface area contributed by atoms with Crippen molar-refractivity contribution in [1.29, 1.82) is 5.26 Å². The molecule has 12 heteroatoms. The van der Waals surface area contributed by atoms with E-state index in [-0.39, 0.29) is 30.7 Å². The Hall–Kier alpha value is -2.98. The van der Waals surface area contributed by atoms with Crippen LogP contribution in [0.15, 0.2) is 34.0 Å². The van der Waals surface area contributed by atoms with Crippen LogP contribution in [0.5, 0.6) is 0 Å². The SMILES string of the molecule is Cc1cn([C@H]2C[C@H](O)[C@@H](CO)O2)c(=O)n(CCSCCNC(=O)c2ccc(F)c(C#N)c2)c1=O. The smallest absolute Gasteiger partial charge is 0.333 e. The second-order valence-electron chi connectivity index (χ2n) is 7.75. The van der Waals surface area contributed by atoms with E-state index < -0.39 is 41.4 Å². The highest BCUT2D eigenvalue weighted by atomic mass is 32.2. The highest BCUT2D eigenvalue weighted by Crippen LogP contribution is 2.27. The second-order valence-corrected chi connectivity index (χ2v) is 8.97. The van der Waals surface area contributed by atoms with Crippen molar-refractivity contribution >= 4 is 17.7 Å². The maximum Gasteiger partial charge on any atom is 0.333 e. The Labute approximate surface area is 198 Å². The predicted octanol–water partition coefficient (Wildman–Crippen LogP) is 0.133. The third kappa shape index (κ3) is 5.74. The molecule has 1 aromatic heterocycles. The van der Waals surface area contributed by atoms with Gasteiger partial charge in [-0.3, -0.25) is 18.7 Å². The third-order valence-corrected chi connectivity index (χ3v) is 6.37. The van der Waals surface area contributed by atoms with Crippen LogP contribution in [0.4, 0.5) is 4.39 Å². The van der Waals surface area contributed by atoms with Crippen molar-refractivity contribution in [3.8, 4) is 6.07 Å². The Morgan fingerprint density at radius 3 is 2.82 bits per heavy atom. The Morgan fingerprint density at radius 2 is 2.15 bits per heavy atom. The average Bonchev–Trinajstić information content (AvgIpc) is 3.20. The monoisotopic (exact) mass is 492 g/mol. The highest BCUT2D eigenvalue weighted by molar-refractivity contribution is 7.99. The summed E-state index contributed by atoms with van der Waals surface area (Å²) in [5.74, 6) is -0.196. The van der Waals surface area contributed by atoms with Crippen molar-refractivity contribution in [3.05, 3.63) is 67.7 Å². The number of nitrogens with zero attached hydrogens (tertiary/aromatic N) is 3. The Balaban J connectivity index is 1.54. The molecule has 3 rings (SSSR count). The quantitative estimate of drug-likeness (QED) is 0.419. The molecule has 1 aromatic carbocycles. The first-order valence-electron chi connectivity index (χ1n) is 10.6. The van der Waals surface area contributed by atoms with Crippen molar-refractivity contribution in [1.82, 2.24) is 14.5 Å². The number of aromatic nitrogens is 2. The largest absolute Gasteiger partial charge is 0.394 e. The first-order chi connectivity index (χ1) is 16.3. The lowest BCUT2D eigenvalue weighted by Gasteiger charge is -2.17. The lowest BCUT2D eigenvalue weighted by Crippen LogP contribution is -2.42. The number of rotatable bonds is 9. The Morgan fingerprint density at radius 1 is 1.38 bits per heavy atom. The van der Waals surface area contributed by atoms with E-state index in [1.165, 1.54) is 34.7 Å². The number of halogens is 1. The number of ether oxygens (including phenoxy) is 1. The zero-order valence-corrected chi connectivity index (χ0v) is 19.3. The van der Waals surface area contributed by atoms with Gasteiger partial charge in [0.1, 0.15) is 24.2 Å². The van der Waals surface area contributed by atoms with Crippen LogP contribution in [-0.4, -0.2) is 62.1 Å². The molecule has 2 aromatic rings. The number of nitriles is 1. The first kappa shape index (κ1) is 25.6. The molecule has 0 aliphatic carbocycles. The summed E-state index contributed by atoms with van der Waals surface area (Å²) in [5, 5.41) is 30.7. The number of hydrogen-bond acceptors (Lipinski definition) is 8. The van der Waals surface area contributed by atoms with Crippen LogP contribution in [0.2, 0.25) is 0 Å². The first-order valence-corrected chi connectivity index (χ1v) is 11.7. The van der Waals surface area contributed by atoms with Gasteiger partial charge in [0.05, 0.1) is 18.3 Å². The Kier molecular flexibility index (Phi) is 8.62. The van der Waals surface area contributed by atoms with Crippen molar-refractivity contribution in [2.45, 2.75) is 38.3 Å². The Bertz CT molecular complexity index is 1210. The molecule has 0 unspecified atom stereocenters. The molecule has 0 spiro atoms. The third-order valence-electron chi connectivity index (χ3n) is 5.40. The van der Waals surface area contributed by atoms with Gasteiger partial charge >= 0.3 is 5.69 Å². The van der Waals surface area contributed by atoms with Gasteiger partial charge in [-0.25, -0.2) is 9.18 Å². The van der Waals surface area contributed by atoms with Crippen molar-refractivity contribution < 1.29 is 24.1 Å². The average molecular weight is 493 g/mol. The molecule has 0 saturated carbocycles. The van der Waals surface area contributed by atoms with Gasteiger partial charge in [0.25, 0.3) is 11.5 Å². The highest BCUT2D eigenvalue weighted by Gasteiger charge is 2.35. The summed E-state index contributed by atoms with van der Waals surface area (Å²) in [6, 6.07) is 5.23. The second kappa shape index (κ2) is 11.4. The van der Waals surface area contributed by atoms with Crippen LogP contribution < -0.4 is 16.6 Å². The molecular formula is C22H25FN4O6S. The van der Waals surface area contributed by atoms with E-state index in [0.29, 0.717) is 23.6 Å². The van der Waals surface area contributed by atoms with Gasteiger partial charge in [-0.1, -0.05) is 0 Å². The van der Waals surface area contributed by atoms with E-state index in [2.05, 4.69) is 5.32 Å². The summed E-state index contributed by atoms with van der Waals surface area (Å²) in [6.07, 6.45) is -0.949. The number of carbonyl (C=O) groups is 1. The molecule has 1 aliphatic rings. The van der Waals surface area contributed by atoms with Gasteiger partial charge in [0.2, 0.25) is 0 Å². The molecule has 1 saturated heterocycles. The molecule has 1 fully saturated rings. The summed E-state index contributed by atoms with van der Waals surface area (Å²) >= 11 is 1.42. The van der Waals surface area contributed by atoms with Gasteiger partial charge < -0.3 is 20.3 Å². The number of nitrogens with one attached hydrogen (secondary N) is 1. The maximum absolute atomic E-state index is 13.4. The molecule has 1 aliphatic heterocycles. The summed E-state index contributed by atoms with van der Waals surface area (Å²) in [4.78, 5) is 37.5. The van der Waals surface area contributed by atoms with Crippen molar-refractivity contribution in [3.63, 3.8) is 0 Å². The van der Waals surface area contributed by atoms with E-state index in [0.717, 1.165) is 10.6 Å². The number of hydrogen-bond donors (Lipinski definition) is 3. The van der Waals surface area contributed by atoms with Gasteiger partial charge in [0, 0.05) is 48.3 Å². The lowest BCUT2D eigenvalue weighted by atomic mass is 10.1. The molecule has 34 heavy (non-hydrogen) atoms. The minimum atomic E-state index is -0.908. The zero-order valence-electron chi connectivity index (χ0n) is 18.4. The molecule has 2 heterocycles. The van der Waals surface area contributed by atoms with E-state index in [4.69, 9.17) is 10.00 Å². The number of amides is 1. The number of carbonyl (C=O) groups excluding carboxylic acids is 1. The minimum Gasteiger partial charge on any atom is -0.394 e. The van der Waals surface area contributed by atoms with Gasteiger partial charge in [-0.2, -0.15) is 17.0 Å². The number of benzene rings is 1. The number of aliphatic hydroxyl groups is 2. The fourth-order valence-corrected chi connectivity index (χ4v) is 4.32. The van der Waals surface area contributed by atoms with Crippen LogP contribution >= 0.6 is 11.8 Å². The molecule has 10 nitrogen and oxygen atoms in total. The maximum atomic E-state index is 13.4. The van der Waals surface area contributed by atoms with Gasteiger partial charge in [-0.15, -0.1) is 0 Å². The van der Waals surface area contributed by atoms with Crippen molar-refractivity contribution in [2.75, 3.05) is 24.7 Å². The van der Waals surface area contributed by atoms with Gasteiger partial charge in [0.15, 0.2) is 0 Å². The van der Waals surface area contributed by atoms with E-state index in [9.17, 15) is 29.0 Å². The van der Waals surface area contributed by atoms with Crippen LogP contribution in [0, 0.1) is 24.1 Å². The summed E-state index contributed by atoms with van der Waals surface area (Å²) < 4.78 is 21.3. The minimum absolute atomic E-state index is 0.126.